The van der Waals surface area contributed by atoms with Crippen LogP contribution >= 0.6 is 0 Å². The van der Waals surface area contributed by atoms with Crippen molar-refractivity contribution in [2.24, 2.45) is 0 Å². The quantitative estimate of drug-likeness (QED) is 0.179. The van der Waals surface area contributed by atoms with Crippen molar-refractivity contribution in [3.05, 3.63) is 174 Å². The zero-order valence-electron chi connectivity index (χ0n) is 27.3. The zero-order valence-corrected chi connectivity index (χ0v) is 27.3. The summed E-state index contributed by atoms with van der Waals surface area (Å²) >= 11 is 0. The van der Waals surface area contributed by atoms with E-state index in [-0.39, 0.29) is 0 Å². The van der Waals surface area contributed by atoms with E-state index in [1.807, 2.05) is 54.6 Å². The molecule has 1 heterocycles. The van der Waals surface area contributed by atoms with Gasteiger partial charge in [-0.3, -0.25) is 0 Å². The van der Waals surface area contributed by atoms with Gasteiger partial charge in [0.2, 0.25) is 0 Å². The molecule has 4 nitrogen and oxygen atoms in total. The molecule has 0 amide bonds. The maximum Gasteiger partial charge on any atom is 0.0992 e. The summed E-state index contributed by atoms with van der Waals surface area (Å²) in [5.74, 6) is 0. The highest BCUT2D eigenvalue weighted by atomic mass is 15.0. The minimum atomic E-state index is 0.541. The Bertz CT molecular complexity index is 2860. The average Bonchev–Trinajstić information content (AvgIpc) is 3.52. The summed E-state index contributed by atoms with van der Waals surface area (Å²) in [6.45, 7) is 0. The molecule has 0 unspecified atom stereocenters. The van der Waals surface area contributed by atoms with Crippen LogP contribution in [0.25, 0.3) is 82.4 Å². The van der Waals surface area contributed by atoms with E-state index >= 15 is 0 Å². The Morgan fingerprint density at radius 2 is 0.765 bits per heavy atom. The molecule has 0 bridgehead atoms. The first-order chi connectivity index (χ1) is 25.2. The van der Waals surface area contributed by atoms with Gasteiger partial charge in [-0.1, -0.05) is 109 Å². The third-order valence-corrected chi connectivity index (χ3v) is 9.87. The van der Waals surface area contributed by atoms with Gasteiger partial charge in [-0.15, -0.1) is 0 Å². The standard InChI is InChI=1S/C47H26N4/c48-27-30-15-22-43-41(24-30)42-25-31(28-49)16-23-44(42)51(43)45-26-32(29-50)14-21-36(45)33-17-19-35(20-18-33)47-39-12-6-4-10-37(39)46(34-8-2-1-3-9-34)38-11-5-7-13-40(38)47/h1-26H. The van der Waals surface area contributed by atoms with E-state index in [9.17, 15) is 15.8 Å². The lowest BCUT2D eigenvalue weighted by Crippen LogP contribution is -1.98. The zero-order chi connectivity index (χ0) is 34.5. The number of benzene rings is 8. The summed E-state index contributed by atoms with van der Waals surface area (Å²) in [7, 11) is 0. The Morgan fingerprint density at radius 1 is 0.353 bits per heavy atom. The third kappa shape index (κ3) is 4.74. The first-order valence-electron chi connectivity index (χ1n) is 16.7. The number of rotatable bonds is 4. The van der Waals surface area contributed by atoms with Crippen molar-refractivity contribution in [2.45, 2.75) is 0 Å². The number of fused-ring (bicyclic) bond motifs is 5. The smallest absolute Gasteiger partial charge is 0.0992 e. The highest BCUT2D eigenvalue weighted by Gasteiger charge is 2.19. The van der Waals surface area contributed by atoms with Gasteiger partial charge in [-0.25, -0.2) is 0 Å². The molecule has 0 fully saturated rings. The third-order valence-electron chi connectivity index (χ3n) is 9.87. The Balaban J connectivity index is 1.26. The molecule has 8 aromatic carbocycles. The van der Waals surface area contributed by atoms with E-state index < -0.39 is 0 Å². The molecule has 0 aliphatic rings. The molecule has 234 valence electrons. The predicted molar refractivity (Wildman–Crippen MR) is 206 cm³/mol. The summed E-state index contributed by atoms with van der Waals surface area (Å²) in [5, 5.41) is 35.9. The molecule has 1 aromatic heterocycles. The van der Waals surface area contributed by atoms with Gasteiger partial charge in [0.15, 0.2) is 0 Å². The van der Waals surface area contributed by atoms with Gasteiger partial charge >= 0.3 is 0 Å². The molecule has 0 aliphatic heterocycles. The number of nitriles is 3. The van der Waals surface area contributed by atoms with Gasteiger partial charge < -0.3 is 4.57 Å². The molecule has 0 atom stereocenters. The van der Waals surface area contributed by atoms with Crippen molar-refractivity contribution in [2.75, 3.05) is 0 Å². The lowest BCUT2D eigenvalue weighted by Gasteiger charge is -2.18. The van der Waals surface area contributed by atoms with Crippen LogP contribution in [-0.4, -0.2) is 4.57 Å². The van der Waals surface area contributed by atoms with Crippen LogP contribution in [-0.2, 0) is 0 Å². The fraction of sp³-hybridized carbons (Fsp3) is 0. The van der Waals surface area contributed by atoms with Crippen LogP contribution in [0.5, 0.6) is 0 Å². The minimum Gasteiger partial charge on any atom is -0.309 e. The van der Waals surface area contributed by atoms with Crippen molar-refractivity contribution in [3.8, 4) is 57.3 Å². The second-order valence-electron chi connectivity index (χ2n) is 12.7. The van der Waals surface area contributed by atoms with Crippen molar-refractivity contribution in [3.63, 3.8) is 0 Å². The molecule has 0 N–H and O–H groups in total. The molecule has 4 heteroatoms. The van der Waals surface area contributed by atoms with Crippen LogP contribution in [0, 0.1) is 34.0 Å². The largest absolute Gasteiger partial charge is 0.309 e. The molecule has 51 heavy (non-hydrogen) atoms. The Kier molecular flexibility index (Phi) is 6.93. The summed E-state index contributed by atoms with van der Waals surface area (Å²) in [5.41, 5.74) is 11.0. The van der Waals surface area contributed by atoms with Crippen LogP contribution in [0.3, 0.4) is 0 Å². The molecule has 0 spiro atoms. The normalized spacial score (nSPS) is 11.1. The van der Waals surface area contributed by atoms with Gasteiger partial charge in [-0.2, -0.15) is 15.8 Å². The van der Waals surface area contributed by atoms with E-state index in [4.69, 9.17) is 0 Å². The molecule has 0 aliphatic carbocycles. The van der Waals surface area contributed by atoms with Crippen LogP contribution in [0.15, 0.2) is 158 Å². The molecule has 0 radical (unpaired) electrons. The van der Waals surface area contributed by atoms with E-state index in [0.29, 0.717) is 16.7 Å². The molecular formula is C47H26N4. The fourth-order valence-corrected chi connectivity index (χ4v) is 7.62. The molecule has 0 saturated carbocycles. The van der Waals surface area contributed by atoms with Gasteiger partial charge in [0.05, 0.1) is 51.6 Å². The van der Waals surface area contributed by atoms with Crippen LogP contribution < -0.4 is 0 Å². The fourth-order valence-electron chi connectivity index (χ4n) is 7.62. The van der Waals surface area contributed by atoms with E-state index in [1.165, 1.54) is 38.2 Å². The van der Waals surface area contributed by atoms with Crippen molar-refractivity contribution in [1.29, 1.82) is 15.8 Å². The van der Waals surface area contributed by atoms with Crippen molar-refractivity contribution < 1.29 is 0 Å². The van der Waals surface area contributed by atoms with Crippen LogP contribution in [0.1, 0.15) is 16.7 Å². The van der Waals surface area contributed by atoms with Crippen molar-refractivity contribution >= 4 is 43.4 Å². The van der Waals surface area contributed by atoms with Gasteiger partial charge in [-0.05, 0) is 97.9 Å². The Morgan fingerprint density at radius 3 is 1.25 bits per heavy atom. The lowest BCUT2D eigenvalue weighted by molar-refractivity contribution is 1.18. The molecule has 9 rings (SSSR count). The van der Waals surface area contributed by atoms with Gasteiger partial charge in [0.1, 0.15) is 0 Å². The van der Waals surface area contributed by atoms with E-state index in [2.05, 4.69) is 126 Å². The maximum atomic E-state index is 9.98. The van der Waals surface area contributed by atoms with E-state index in [1.54, 1.807) is 0 Å². The van der Waals surface area contributed by atoms with Gasteiger partial charge in [0.25, 0.3) is 0 Å². The predicted octanol–water partition coefficient (Wildman–Crippen LogP) is 11.7. The summed E-state index contributed by atoms with van der Waals surface area (Å²) in [6, 6.07) is 60.5. The minimum absolute atomic E-state index is 0.541. The molecule has 0 saturated heterocycles. The summed E-state index contributed by atoms with van der Waals surface area (Å²) in [6.07, 6.45) is 0. The summed E-state index contributed by atoms with van der Waals surface area (Å²) in [4.78, 5) is 0. The summed E-state index contributed by atoms with van der Waals surface area (Å²) < 4.78 is 2.14. The average molecular weight is 647 g/mol. The first-order valence-corrected chi connectivity index (χ1v) is 16.7. The Labute approximate surface area is 294 Å². The number of hydrogen-bond acceptors (Lipinski definition) is 3. The highest BCUT2D eigenvalue weighted by molar-refractivity contribution is 6.21. The van der Waals surface area contributed by atoms with Crippen molar-refractivity contribution in [1.82, 2.24) is 4.57 Å². The first kappa shape index (κ1) is 29.7. The molecule has 9 aromatic rings. The highest BCUT2D eigenvalue weighted by Crippen LogP contribution is 2.44. The second kappa shape index (κ2) is 11.9. The second-order valence-corrected chi connectivity index (χ2v) is 12.7. The van der Waals surface area contributed by atoms with E-state index in [0.717, 1.165) is 44.2 Å². The SMILES string of the molecule is N#Cc1ccc(-c2ccc(-c3c4ccccc4c(-c4ccccc4)c4ccccc34)cc2)c(-n2c3ccc(C#N)cc3c3cc(C#N)ccc32)c1. The maximum absolute atomic E-state index is 9.98. The number of hydrogen-bond donors (Lipinski definition) is 0. The van der Waals surface area contributed by atoms with Crippen LogP contribution in [0.2, 0.25) is 0 Å². The van der Waals surface area contributed by atoms with Gasteiger partial charge in [0, 0.05) is 16.3 Å². The van der Waals surface area contributed by atoms with Crippen LogP contribution in [0.4, 0.5) is 0 Å². The number of nitrogens with zero attached hydrogens (tertiary/aromatic N) is 4. The Hall–Kier alpha value is -7.45. The topological polar surface area (TPSA) is 76.3 Å². The monoisotopic (exact) mass is 646 g/mol. The number of aromatic nitrogens is 1. The molecular weight excluding hydrogens is 621 g/mol. The lowest BCUT2D eigenvalue weighted by atomic mass is 9.85.